The molecule has 0 heterocycles. The summed E-state index contributed by atoms with van der Waals surface area (Å²) in [7, 11) is 0. The summed E-state index contributed by atoms with van der Waals surface area (Å²) in [6.07, 6.45) is 2.96. The summed E-state index contributed by atoms with van der Waals surface area (Å²) in [5.74, 6) is 3.47. The van der Waals surface area contributed by atoms with Gasteiger partial charge in [0.25, 0.3) is 0 Å². The van der Waals surface area contributed by atoms with E-state index in [9.17, 15) is 0 Å². The van der Waals surface area contributed by atoms with Crippen molar-refractivity contribution in [3.63, 3.8) is 0 Å². The largest absolute Gasteiger partial charge is 0.127 e. The lowest BCUT2D eigenvalue weighted by molar-refractivity contribution is 0.834. The number of alkyl halides is 1. The Kier molecular flexibility index (Phi) is 7.26. The number of rotatable bonds is 3. The smallest absolute Gasteiger partial charge is 0.0223 e. The molecule has 0 aliphatic heterocycles. The molecule has 2 heteroatoms. The molecule has 0 unspecified atom stereocenters. The zero-order valence-electron chi connectivity index (χ0n) is 4.58. The molecular weight excluding hydrogens is 143 g/mol. The van der Waals surface area contributed by atoms with Crippen LogP contribution in [-0.2, 0) is 0 Å². The summed E-state index contributed by atoms with van der Waals surface area (Å²) in [4.78, 5) is 0. The first-order chi connectivity index (χ1) is 3.91. The minimum atomic E-state index is 0.726. The van der Waals surface area contributed by atoms with Crippen LogP contribution in [0, 0.1) is 11.3 Å². The van der Waals surface area contributed by atoms with Gasteiger partial charge in [-0.1, -0.05) is 5.92 Å². The average Bonchev–Trinajstić information content (AvgIpc) is 1.81. The standard InChI is InChI=1S/C6H8Cl2/c7-5-3-1-2-4-6-8/h1-3,5H2. The maximum Gasteiger partial charge on any atom is 0.0223 e. The fourth-order valence-corrected chi connectivity index (χ4v) is 0.639. The zero-order valence-corrected chi connectivity index (χ0v) is 6.10. The van der Waals surface area contributed by atoms with E-state index in [4.69, 9.17) is 23.2 Å². The van der Waals surface area contributed by atoms with Crippen molar-refractivity contribution in [3.8, 4) is 11.3 Å². The first kappa shape index (κ1) is 8.14. The Balaban J connectivity index is 2.79. The second kappa shape index (κ2) is 7.14. The fraction of sp³-hybridized carbons (Fsp3) is 0.667. The Bertz CT molecular complexity index is 88.4. The number of hydrogen-bond donors (Lipinski definition) is 0. The van der Waals surface area contributed by atoms with Crippen LogP contribution in [0.25, 0.3) is 0 Å². The summed E-state index contributed by atoms with van der Waals surface area (Å²) in [5.41, 5.74) is 0. The van der Waals surface area contributed by atoms with E-state index in [1.165, 1.54) is 0 Å². The molecule has 0 saturated heterocycles. The second-order valence-corrected chi connectivity index (χ2v) is 1.98. The molecule has 0 aliphatic rings. The summed E-state index contributed by atoms with van der Waals surface area (Å²) in [6.45, 7) is 0. The quantitative estimate of drug-likeness (QED) is 0.330. The molecule has 0 atom stereocenters. The maximum absolute atomic E-state index is 5.40. The minimum absolute atomic E-state index is 0.726. The van der Waals surface area contributed by atoms with Crippen molar-refractivity contribution in [2.45, 2.75) is 19.3 Å². The molecule has 0 aromatic rings. The molecule has 0 aromatic heterocycles. The molecule has 0 spiro atoms. The van der Waals surface area contributed by atoms with Crippen LogP contribution in [0.2, 0.25) is 0 Å². The summed E-state index contributed by atoms with van der Waals surface area (Å²) in [6, 6.07) is 0. The van der Waals surface area contributed by atoms with Gasteiger partial charge in [-0.05, 0) is 24.4 Å². The van der Waals surface area contributed by atoms with E-state index in [1.54, 1.807) is 0 Å². The Morgan fingerprint density at radius 3 is 2.50 bits per heavy atom. The van der Waals surface area contributed by atoms with Crippen molar-refractivity contribution in [1.82, 2.24) is 0 Å². The molecule has 0 rings (SSSR count). The van der Waals surface area contributed by atoms with E-state index < -0.39 is 0 Å². The van der Waals surface area contributed by atoms with Gasteiger partial charge in [0.15, 0.2) is 0 Å². The monoisotopic (exact) mass is 150 g/mol. The fourth-order valence-electron chi connectivity index (χ4n) is 0.355. The predicted molar refractivity (Wildman–Crippen MR) is 38.2 cm³/mol. The van der Waals surface area contributed by atoms with E-state index in [0.717, 1.165) is 25.1 Å². The first-order valence-corrected chi connectivity index (χ1v) is 3.47. The van der Waals surface area contributed by atoms with Gasteiger partial charge < -0.3 is 0 Å². The van der Waals surface area contributed by atoms with E-state index in [0.29, 0.717) is 0 Å². The third kappa shape index (κ3) is 6.14. The molecule has 0 amide bonds. The normalized spacial score (nSPS) is 7.75. The summed E-state index contributed by atoms with van der Waals surface area (Å²) in [5, 5.41) is 2.31. The molecule has 0 saturated carbocycles. The molecule has 0 N–H and O–H groups in total. The average molecular weight is 151 g/mol. The Hall–Kier alpha value is 0.140. The van der Waals surface area contributed by atoms with E-state index >= 15 is 0 Å². The molecule has 0 radical (unpaired) electrons. The van der Waals surface area contributed by atoms with Gasteiger partial charge in [0, 0.05) is 17.7 Å². The molecule has 8 heavy (non-hydrogen) atoms. The van der Waals surface area contributed by atoms with Crippen LogP contribution in [0.3, 0.4) is 0 Å². The van der Waals surface area contributed by atoms with Crippen molar-refractivity contribution in [2.75, 3.05) is 5.88 Å². The third-order valence-corrected chi connectivity index (χ3v) is 1.15. The summed E-state index contributed by atoms with van der Waals surface area (Å²) >= 11 is 10.5. The lowest BCUT2D eigenvalue weighted by Crippen LogP contribution is -1.73. The molecule has 0 fully saturated rings. The Labute approximate surface area is 60.2 Å². The van der Waals surface area contributed by atoms with Crippen molar-refractivity contribution in [3.05, 3.63) is 0 Å². The highest BCUT2D eigenvalue weighted by atomic mass is 35.5. The van der Waals surface area contributed by atoms with Gasteiger partial charge >= 0.3 is 0 Å². The number of hydrogen-bond acceptors (Lipinski definition) is 0. The van der Waals surface area contributed by atoms with Crippen LogP contribution in [0.1, 0.15) is 19.3 Å². The molecule has 0 nitrogen and oxygen atoms in total. The number of halogens is 2. The minimum Gasteiger partial charge on any atom is -0.127 e. The Morgan fingerprint density at radius 1 is 1.25 bits per heavy atom. The highest BCUT2D eigenvalue weighted by Gasteiger charge is 1.80. The van der Waals surface area contributed by atoms with Gasteiger partial charge in [-0.2, -0.15) is 0 Å². The predicted octanol–water partition coefficient (Wildman–Crippen LogP) is 2.60. The van der Waals surface area contributed by atoms with Crippen molar-refractivity contribution in [2.24, 2.45) is 0 Å². The van der Waals surface area contributed by atoms with E-state index in [-0.39, 0.29) is 0 Å². The first-order valence-electron chi connectivity index (χ1n) is 2.56. The molecule has 0 aromatic carbocycles. The van der Waals surface area contributed by atoms with Crippen LogP contribution in [-0.4, -0.2) is 5.88 Å². The van der Waals surface area contributed by atoms with Gasteiger partial charge in [0.2, 0.25) is 0 Å². The molecule has 0 aliphatic carbocycles. The van der Waals surface area contributed by atoms with Crippen LogP contribution in [0.5, 0.6) is 0 Å². The van der Waals surface area contributed by atoms with E-state index in [1.807, 2.05) is 0 Å². The van der Waals surface area contributed by atoms with Gasteiger partial charge in [-0.25, -0.2) is 0 Å². The highest BCUT2D eigenvalue weighted by Crippen LogP contribution is 1.94. The lowest BCUT2D eigenvalue weighted by atomic mass is 10.3. The molecular formula is C6H8Cl2. The van der Waals surface area contributed by atoms with Gasteiger partial charge in [0.1, 0.15) is 0 Å². The van der Waals surface area contributed by atoms with Gasteiger partial charge in [-0.3, -0.25) is 0 Å². The van der Waals surface area contributed by atoms with Gasteiger partial charge in [0.05, 0.1) is 0 Å². The van der Waals surface area contributed by atoms with Crippen molar-refractivity contribution >= 4 is 23.2 Å². The highest BCUT2D eigenvalue weighted by molar-refractivity contribution is 6.30. The molecule has 0 bridgehead atoms. The third-order valence-electron chi connectivity index (χ3n) is 0.752. The topological polar surface area (TPSA) is 0 Å². The van der Waals surface area contributed by atoms with Crippen LogP contribution in [0.4, 0.5) is 0 Å². The SMILES string of the molecule is ClC#CCCCCCl. The zero-order chi connectivity index (χ0) is 6.24. The van der Waals surface area contributed by atoms with E-state index in [2.05, 4.69) is 11.3 Å². The molecule has 46 valence electrons. The van der Waals surface area contributed by atoms with Crippen LogP contribution < -0.4 is 0 Å². The van der Waals surface area contributed by atoms with Crippen molar-refractivity contribution < 1.29 is 0 Å². The van der Waals surface area contributed by atoms with Gasteiger partial charge in [-0.15, -0.1) is 11.6 Å². The van der Waals surface area contributed by atoms with Crippen molar-refractivity contribution in [1.29, 1.82) is 0 Å². The lowest BCUT2D eigenvalue weighted by Gasteiger charge is -1.85. The van der Waals surface area contributed by atoms with Crippen LogP contribution >= 0.6 is 23.2 Å². The summed E-state index contributed by atoms with van der Waals surface area (Å²) < 4.78 is 0. The Morgan fingerprint density at radius 2 is 2.00 bits per heavy atom. The number of unbranched alkanes of at least 4 members (excludes halogenated alkanes) is 2. The second-order valence-electron chi connectivity index (χ2n) is 1.42. The van der Waals surface area contributed by atoms with Crippen LogP contribution in [0.15, 0.2) is 0 Å². The maximum atomic E-state index is 5.40.